The monoisotopic (exact) mass is 259 g/mol. The number of ether oxygens (including phenoxy) is 1. The van der Waals surface area contributed by atoms with Gasteiger partial charge in [0.15, 0.2) is 5.69 Å². The molecule has 0 aromatic carbocycles. The predicted octanol–water partition coefficient (Wildman–Crippen LogP) is 1.41. The zero-order valence-electron chi connectivity index (χ0n) is 10.4. The summed E-state index contributed by atoms with van der Waals surface area (Å²) in [6, 6.07) is 3.53. The fourth-order valence-electron chi connectivity index (χ4n) is 1.66. The predicted molar refractivity (Wildman–Crippen MR) is 68.7 cm³/mol. The zero-order valence-corrected chi connectivity index (χ0v) is 10.4. The van der Waals surface area contributed by atoms with E-state index >= 15 is 0 Å². The second-order valence-electron chi connectivity index (χ2n) is 3.72. The molecule has 6 nitrogen and oxygen atoms in total. The first kappa shape index (κ1) is 12.8. The SMILES string of the molecule is C=Cc1nc(C(N)=O)c(Cc2ncccc2OC)o1. The number of carbonyl (C=O) groups excluding carboxylic acids is 1. The molecule has 2 aromatic rings. The molecule has 98 valence electrons. The molecule has 0 unspecified atom stereocenters. The van der Waals surface area contributed by atoms with Gasteiger partial charge in [-0.1, -0.05) is 6.58 Å². The minimum Gasteiger partial charge on any atom is -0.495 e. The summed E-state index contributed by atoms with van der Waals surface area (Å²) in [5.74, 6) is 0.550. The number of nitrogens with two attached hydrogens (primary N) is 1. The summed E-state index contributed by atoms with van der Waals surface area (Å²) < 4.78 is 10.6. The van der Waals surface area contributed by atoms with Gasteiger partial charge in [-0.05, 0) is 18.2 Å². The number of primary amides is 1. The molecule has 2 rings (SSSR count). The topological polar surface area (TPSA) is 91.2 Å². The quantitative estimate of drug-likeness (QED) is 0.876. The van der Waals surface area contributed by atoms with Crippen molar-refractivity contribution in [3.63, 3.8) is 0 Å². The number of pyridine rings is 1. The lowest BCUT2D eigenvalue weighted by molar-refractivity contribution is 0.0994. The number of rotatable bonds is 5. The molecule has 0 saturated heterocycles. The highest BCUT2D eigenvalue weighted by molar-refractivity contribution is 5.92. The number of methoxy groups -OCH3 is 1. The first-order valence-corrected chi connectivity index (χ1v) is 5.55. The van der Waals surface area contributed by atoms with Gasteiger partial charge in [0.05, 0.1) is 19.2 Å². The van der Waals surface area contributed by atoms with E-state index in [2.05, 4.69) is 16.5 Å². The number of carbonyl (C=O) groups is 1. The Morgan fingerprint density at radius 2 is 2.42 bits per heavy atom. The fourth-order valence-corrected chi connectivity index (χ4v) is 1.66. The number of amides is 1. The number of oxazole rings is 1. The zero-order chi connectivity index (χ0) is 13.8. The molecule has 2 aromatic heterocycles. The van der Waals surface area contributed by atoms with Gasteiger partial charge >= 0.3 is 0 Å². The van der Waals surface area contributed by atoms with Gasteiger partial charge in [-0.15, -0.1) is 0 Å². The Hall–Kier alpha value is -2.63. The average Bonchev–Trinajstić information content (AvgIpc) is 2.82. The second kappa shape index (κ2) is 5.34. The first-order chi connectivity index (χ1) is 9.15. The van der Waals surface area contributed by atoms with E-state index in [9.17, 15) is 4.79 Å². The van der Waals surface area contributed by atoms with Crippen LogP contribution in [0.5, 0.6) is 5.75 Å². The summed E-state index contributed by atoms with van der Waals surface area (Å²) in [5, 5.41) is 0. The van der Waals surface area contributed by atoms with Gasteiger partial charge in [-0.2, -0.15) is 0 Å². The Labute approximate surface area is 109 Å². The minimum absolute atomic E-state index is 0.0857. The maximum atomic E-state index is 11.3. The Morgan fingerprint density at radius 3 is 3.05 bits per heavy atom. The minimum atomic E-state index is -0.651. The Kier molecular flexibility index (Phi) is 3.61. The van der Waals surface area contributed by atoms with E-state index in [4.69, 9.17) is 14.9 Å². The lowest BCUT2D eigenvalue weighted by atomic mass is 10.2. The van der Waals surface area contributed by atoms with Gasteiger partial charge in [-0.3, -0.25) is 9.78 Å². The van der Waals surface area contributed by atoms with Crippen molar-refractivity contribution in [1.29, 1.82) is 0 Å². The highest BCUT2D eigenvalue weighted by Crippen LogP contribution is 2.21. The molecule has 0 aliphatic carbocycles. The van der Waals surface area contributed by atoms with Crippen LogP contribution in [0.4, 0.5) is 0 Å². The van der Waals surface area contributed by atoms with E-state index in [1.54, 1.807) is 25.4 Å². The molecule has 0 bridgehead atoms. The molecule has 2 heterocycles. The van der Waals surface area contributed by atoms with Gasteiger partial charge < -0.3 is 14.9 Å². The van der Waals surface area contributed by atoms with Gasteiger partial charge in [0.1, 0.15) is 11.5 Å². The normalized spacial score (nSPS) is 10.2. The van der Waals surface area contributed by atoms with Crippen molar-refractivity contribution in [2.75, 3.05) is 7.11 Å². The summed E-state index contributed by atoms with van der Waals surface area (Å²) in [6.07, 6.45) is 3.31. The number of hydrogen-bond donors (Lipinski definition) is 1. The third-order valence-corrected chi connectivity index (χ3v) is 2.52. The van der Waals surface area contributed by atoms with Gasteiger partial charge in [0, 0.05) is 6.20 Å². The smallest absolute Gasteiger partial charge is 0.270 e. The number of hydrogen-bond acceptors (Lipinski definition) is 5. The maximum absolute atomic E-state index is 11.3. The summed E-state index contributed by atoms with van der Waals surface area (Å²) in [7, 11) is 1.55. The highest BCUT2D eigenvalue weighted by atomic mass is 16.5. The van der Waals surface area contributed by atoms with E-state index in [1.807, 2.05) is 0 Å². The summed E-state index contributed by atoms with van der Waals surface area (Å²) in [5.41, 5.74) is 5.98. The van der Waals surface area contributed by atoms with Crippen molar-refractivity contribution in [2.45, 2.75) is 6.42 Å². The molecule has 0 fully saturated rings. The molecule has 0 atom stereocenters. The second-order valence-corrected chi connectivity index (χ2v) is 3.72. The average molecular weight is 259 g/mol. The molecule has 0 radical (unpaired) electrons. The third-order valence-electron chi connectivity index (χ3n) is 2.52. The van der Waals surface area contributed by atoms with Crippen LogP contribution in [0.3, 0.4) is 0 Å². The maximum Gasteiger partial charge on any atom is 0.270 e. The largest absolute Gasteiger partial charge is 0.495 e. The van der Waals surface area contributed by atoms with Crippen molar-refractivity contribution >= 4 is 12.0 Å². The highest BCUT2D eigenvalue weighted by Gasteiger charge is 2.18. The van der Waals surface area contributed by atoms with Crippen molar-refractivity contribution in [1.82, 2.24) is 9.97 Å². The lowest BCUT2D eigenvalue weighted by Gasteiger charge is -2.05. The van der Waals surface area contributed by atoms with Crippen LogP contribution in [-0.2, 0) is 6.42 Å². The molecule has 6 heteroatoms. The van der Waals surface area contributed by atoms with Crippen LogP contribution in [0.2, 0.25) is 0 Å². The molecular weight excluding hydrogens is 246 g/mol. The molecule has 0 saturated carbocycles. The Bertz CT molecular complexity index is 619. The Balaban J connectivity index is 2.39. The van der Waals surface area contributed by atoms with E-state index in [1.165, 1.54) is 6.08 Å². The van der Waals surface area contributed by atoms with Crippen LogP contribution < -0.4 is 10.5 Å². The summed E-state index contributed by atoms with van der Waals surface area (Å²) in [6.45, 7) is 3.54. The summed E-state index contributed by atoms with van der Waals surface area (Å²) >= 11 is 0. The number of aromatic nitrogens is 2. The van der Waals surface area contributed by atoms with Crippen LogP contribution in [0, 0.1) is 0 Å². The Morgan fingerprint density at radius 1 is 1.63 bits per heavy atom. The van der Waals surface area contributed by atoms with Crippen molar-refractivity contribution in [3.8, 4) is 5.75 Å². The van der Waals surface area contributed by atoms with Crippen molar-refractivity contribution < 1.29 is 13.9 Å². The molecular formula is C13H13N3O3. The molecule has 19 heavy (non-hydrogen) atoms. The van der Waals surface area contributed by atoms with Crippen LogP contribution in [0.15, 0.2) is 29.3 Å². The van der Waals surface area contributed by atoms with Crippen molar-refractivity contribution in [2.24, 2.45) is 5.73 Å². The number of nitrogens with zero attached hydrogens (tertiary/aromatic N) is 2. The lowest BCUT2D eigenvalue weighted by Crippen LogP contribution is -2.14. The van der Waals surface area contributed by atoms with Gasteiger partial charge in [0.25, 0.3) is 5.91 Å². The molecule has 0 aliphatic heterocycles. The first-order valence-electron chi connectivity index (χ1n) is 5.55. The molecule has 2 N–H and O–H groups in total. The van der Waals surface area contributed by atoms with E-state index in [-0.39, 0.29) is 18.0 Å². The van der Waals surface area contributed by atoms with E-state index in [0.29, 0.717) is 17.2 Å². The molecule has 1 amide bonds. The molecule has 0 aliphatic rings. The van der Waals surface area contributed by atoms with Crippen LogP contribution in [-0.4, -0.2) is 23.0 Å². The van der Waals surface area contributed by atoms with Gasteiger partial charge in [0.2, 0.25) is 5.89 Å². The van der Waals surface area contributed by atoms with Gasteiger partial charge in [-0.25, -0.2) is 4.98 Å². The molecule has 0 spiro atoms. The van der Waals surface area contributed by atoms with Crippen LogP contribution >= 0.6 is 0 Å². The van der Waals surface area contributed by atoms with Crippen LogP contribution in [0.1, 0.15) is 27.8 Å². The fraction of sp³-hybridized carbons (Fsp3) is 0.154. The van der Waals surface area contributed by atoms with E-state index in [0.717, 1.165) is 0 Å². The third kappa shape index (κ3) is 2.62. The van der Waals surface area contributed by atoms with E-state index < -0.39 is 5.91 Å². The summed E-state index contributed by atoms with van der Waals surface area (Å²) in [4.78, 5) is 19.5. The standard InChI is InChI=1S/C13H13N3O3/c1-3-11-16-12(13(14)17)10(19-11)7-8-9(18-2)5-4-6-15-8/h3-6H,1,7H2,2H3,(H2,14,17). The van der Waals surface area contributed by atoms with Crippen molar-refractivity contribution in [3.05, 3.63) is 47.9 Å². The van der Waals surface area contributed by atoms with Crippen LogP contribution in [0.25, 0.3) is 6.08 Å².